The first-order chi connectivity index (χ1) is 8.59. The normalized spacial score (nSPS) is 23.9. The van der Waals surface area contributed by atoms with Crippen molar-refractivity contribution in [3.63, 3.8) is 0 Å². The molecule has 0 radical (unpaired) electrons. The van der Waals surface area contributed by atoms with Gasteiger partial charge in [0.2, 0.25) is 5.91 Å². The van der Waals surface area contributed by atoms with Crippen molar-refractivity contribution in [2.75, 3.05) is 0 Å². The molecule has 0 bridgehead atoms. The maximum absolute atomic E-state index is 12.2. The Balaban J connectivity index is 0.00000361. The minimum atomic E-state index is -0.145. The summed E-state index contributed by atoms with van der Waals surface area (Å²) in [4.78, 5) is 12.2. The molecule has 1 aliphatic rings. The number of hydrogen-bond donors (Lipinski definition) is 2. The van der Waals surface area contributed by atoms with Gasteiger partial charge in [0, 0.05) is 18.0 Å². The third-order valence-electron chi connectivity index (χ3n) is 3.87. The average Bonchev–Trinajstić information content (AvgIpc) is 2.16. The quantitative estimate of drug-likeness (QED) is 0.833. The van der Waals surface area contributed by atoms with Gasteiger partial charge in [-0.2, -0.15) is 0 Å². The molecule has 1 aliphatic carbocycles. The lowest BCUT2D eigenvalue weighted by Crippen LogP contribution is -2.47. The minimum Gasteiger partial charge on any atom is -0.351 e. The molecule has 0 heterocycles. The zero-order chi connectivity index (χ0) is 14.7. The topological polar surface area (TPSA) is 55.1 Å². The largest absolute Gasteiger partial charge is 0.351 e. The second-order valence-electron chi connectivity index (χ2n) is 8.08. The lowest BCUT2D eigenvalue weighted by molar-refractivity contribution is -0.124. The van der Waals surface area contributed by atoms with E-state index < -0.39 is 0 Å². The number of amides is 1. The van der Waals surface area contributed by atoms with Gasteiger partial charge in [0.25, 0.3) is 0 Å². The Morgan fingerprint density at radius 2 is 1.70 bits per heavy atom. The van der Waals surface area contributed by atoms with E-state index in [9.17, 15) is 4.79 Å². The summed E-state index contributed by atoms with van der Waals surface area (Å²) in [6.07, 6.45) is 6.18. The van der Waals surface area contributed by atoms with Crippen LogP contribution in [0.4, 0.5) is 0 Å². The van der Waals surface area contributed by atoms with Crippen molar-refractivity contribution in [2.24, 2.45) is 17.1 Å². The van der Waals surface area contributed by atoms with Gasteiger partial charge < -0.3 is 11.1 Å². The van der Waals surface area contributed by atoms with Gasteiger partial charge >= 0.3 is 0 Å². The monoisotopic (exact) mass is 304 g/mol. The van der Waals surface area contributed by atoms with Crippen molar-refractivity contribution < 1.29 is 4.79 Å². The fourth-order valence-electron chi connectivity index (χ4n) is 3.53. The molecule has 3 nitrogen and oxygen atoms in total. The Morgan fingerprint density at radius 3 is 2.20 bits per heavy atom. The van der Waals surface area contributed by atoms with E-state index in [2.05, 4.69) is 39.9 Å². The van der Waals surface area contributed by atoms with Crippen molar-refractivity contribution >= 4 is 18.3 Å². The molecule has 20 heavy (non-hydrogen) atoms. The molecule has 2 unspecified atom stereocenters. The van der Waals surface area contributed by atoms with Crippen molar-refractivity contribution in [3.8, 4) is 0 Å². The summed E-state index contributed by atoms with van der Waals surface area (Å²) in [6.45, 7) is 10.8. The highest BCUT2D eigenvalue weighted by molar-refractivity contribution is 5.85. The Kier molecular flexibility index (Phi) is 7.54. The van der Waals surface area contributed by atoms with Crippen molar-refractivity contribution in [2.45, 2.75) is 84.7 Å². The van der Waals surface area contributed by atoms with Gasteiger partial charge in [0.05, 0.1) is 0 Å². The molecule has 0 saturated heterocycles. The van der Waals surface area contributed by atoms with Crippen LogP contribution in [0.25, 0.3) is 0 Å². The van der Waals surface area contributed by atoms with Crippen LogP contribution in [0, 0.1) is 11.3 Å². The predicted octanol–water partition coefficient (Wildman–Crippen LogP) is 3.65. The van der Waals surface area contributed by atoms with Crippen molar-refractivity contribution in [1.29, 1.82) is 0 Å². The predicted molar refractivity (Wildman–Crippen MR) is 88.1 cm³/mol. The van der Waals surface area contributed by atoms with E-state index >= 15 is 0 Å². The van der Waals surface area contributed by atoms with Crippen molar-refractivity contribution in [1.82, 2.24) is 5.32 Å². The van der Waals surface area contributed by atoms with Gasteiger partial charge in [0.1, 0.15) is 0 Å². The van der Waals surface area contributed by atoms with Gasteiger partial charge in [-0.1, -0.05) is 33.6 Å². The first-order valence-corrected chi connectivity index (χ1v) is 7.66. The third kappa shape index (κ3) is 7.49. The van der Waals surface area contributed by atoms with E-state index in [1.54, 1.807) is 0 Å². The van der Waals surface area contributed by atoms with Crippen LogP contribution in [0.1, 0.15) is 73.1 Å². The van der Waals surface area contributed by atoms with Crippen LogP contribution < -0.4 is 11.1 Å². The average molecular weight is 305 g/mol. The Labute approximate surface area is 130 Å². The van der Waals surface area contributed by atoms with Crippen LogP contribution in [-0.4, -0.2) is 17.5 Å². The first kappa shape index (κ1) is 19.7. The number of nitrogens with two attached hydrogens (primary N) is 1. The summed E-state index contributed by atoms with van der Waals surface area (Å²) in [5.74, 6) is 0.538. The summed E-state index contributed by atoms with van der Waals surface area (Å²) in [7, 11) is 0. The van der Waals surface area contributed by atoms with E-state index in [0.717, 1.165) is 19.3 Å². The number of halogens is 1. The Morgan fingerprint density at radius 1 is 1.15 bits per heavy atom. The summed E-state index contributed by atoms with van der Waals surface area (Å²) in [5.41, 5.74) is 6.19. The molecule has 120 valence electrons. The van der Waals surface area contributed by atoms with E-state index in [1.165, 1.54) is 12.8 Å². The standard InChI is InChI=1S/C16H32N2O.ClH/c1-15(2,3)11-16(4,5)18-14(19)10-12-8-6-7-9-13(12)17;/h12-13H,6-11,17H2,1-5H3,(H,18,19);1H. The third-order valence-corrected chi connectivity index (χ3v) is 3.87. The van der Waals surface area contributed by atoms with Crippen LogP contribution in [0.3, 0.4) is 0 Å². The molecule has 0 aromatic carbocycles. The molecule has 0 aromatic rings. The van der Waals surface area contributed by atoms with Gasteiger partial charge in [-0.25, -0.2) is 0 Å². The zero-order valence-electron chi connectivity index (χ0n) is 13.8. The fourth-order valence-corrected chi connectivity index (χ4v) is 3.53. The second-order valence-corrected chi connectivity index (χ2v) is 8.08. The maximum Gasteiger partial charge on any atom is 0.220 e. The molecular weight excluding hydrogens is 272 g/mol. The van der Waals surface area contributed by atoms with E-state index in [0.29, 0.717) is 12.3 Å². The first-order valence-electron chi connectivity index (χ1n) is 7.66. The maximum atomic E-state index is 12.2. The molecule has 4 heteroatoms. The van der Waals surface area contributed by atoms with Crippen LogP contribution in [0.2, 0.25) is 0 Å². The number of nitrogens with one attached hydrogen (secondary N) is 1. The van der Waals surface area contributed by atoms with Crippen LogP contribution in [-0.2, 0) is 4.79 Å². The highest BCUT2D eigenvalue weighted by atomic mass is 35.5. The van der Waals surface area contributed by atoms with E-state index in [-0.39, 0.29) is 35.3 Å². The van der Waals surface area contributed by atoms with Gasteiger partial charge in [0.15, 0.2) is 0 Å². The smallest absolute Gasteiger partial charge is 0.220 e. The van der Waals surface area contributed by atoms with Gasteiger partial charge in [-0.15, -0.1) is 12.4 Å². The summed E-state index contributed by atoms with van der Waals surface area (Å²) >= 11 is 0. The lowest BCUT2D eigenvalue weighted by Gasteiger charge is -2.34. The van der Waals surface area contributed by atoms with Crippen LogP contribution >= 0.6 is 12.4 Å². The highest BCUT2D eigenvalue weighted by Gasteiger charge is 2.29. The van der Waals surface area contributed by atoms with Crippen LogP contribution in [0.5, 0.6) is 0 Å². The molecule has 1 saturated carbocycles. The van der Waals surface area contributed by atoms with E-state index in [1.807, 2.05) is 0 Å². The SMILES string of the molecule is CC(C)(C)CC(C)(C)NC(=O)CC1CCCCC1N.Cl. The minimum absolute atomic E-state index is 0. The highest BCUT2D eigenvalue weighted by Crippen LogP contribution is 2.28. The number of carbonyl (C=O) groups excluding carboxylic acids is 1. The number of rotatable bonds is 4. The summed E-state index contributed by atoms with van der Waals surface area (Å²) in [5, 5.41) is 3.19. The molecule has 0 spiro atoms. The molecule has 2 atom stereocenters. The molecular formula is C16H33ClN2O. The van der Waals surface area contributed by atoms with Gasteiger partial charge in [-0.05, 0) is 44.4 Å². The lowest BCUT2D eigenvalue weighted by atomic mass is 9.80. The molecule has 1 fully saturated rings. The second kappa shape index (κ2) is 7.65. The summed E-state index contributed by atoms with van der Waals surface area (Å²) in [6, 6.07) is 0.213. The molecule has 3 N–H and O–H groups in total. The zero-order valence-corrected chi connectivity index (χ0v) is 14.6. The summed E-state index contributed by atoms with van der Waals surface area (Å²) < 4.78 is 0. The fraction of sp³-hybridized carbons (Fsp3) is 0.938. The van der Waals surface area contributed by atoms with Gasteiger partial charge in [-0.3, -0.25) is 4.79 Å². The van der Waals surface area contributed by atoms with E-state index in [4.69, 9.17) is 5.73 Å². The molecule has 1 amide bonds. The Bertz CT molecular complexity index is 310. The number of carbonyl (C=O) groups is 1. The molecule has 0 aromatic heterocycles. The Hall–Kier alpha value is -0.280. The number of hydrogen-bond acceptors (Lipinski definition) is 2. The molecule has 0 aliphatic heterocycles. The van der Waals surface area contributed by atoms with Crippen LogP contribution in [0.15, 0.2) is 0 Å². The molecule has 1 rings (SSSR count). The van der Waals surface area contributed by atoms with Crippen molar-refractivity contribution in [3.05, 3.63) is 0 Å².